The second-order valence-electron chi connectivity index (χ2n) is 7.74. The highest BCUT2D eigenvalue weighted by atomic mass is 32.2. The number of nitrogens with two attached hydrogens (primary N) is 1. The lowest BCUT2D eigenvalue weighted by Gasteiger charge is -2.30. The van der Waals surface area contributed by atoms with Crippen LogP contribution in [0.25, 0.3) is 11.0 Å². The molecule has 1 aromatic carbocycles. The molecule has 1 saturated carbocycles. The highest BCUT2D eigenvalue weighted by molar-refractivity contribution is 8.14. The van der Waals surface area contributed by atoms with Crippen LogP contribution in [0.1, 0.15) is 35.7 Å². The minimum Gasteiger partial charge on any atom is -0.379 e. The van der Waals surface area contributed by atoms with E-state index in [1.54, 1.807) is 12.1 Å². The fourth-order valence-electron chi connectivity index (χ4n) is 4.14. The Balaban J connectivity index is 1.58. The third-order valence-electron chi connectivity index (χ3n) is 5.75. The zero-order valence-corrected chi connectivity index (χ0v) is 16.7. The fraction of sp³-hybridized carbons (Fsp3) is 0.286. The first-order chi connectivity index (χ1) is 14.4. The zero-order valence-electron chi connectivity index (χ0n) is 15.9. The Hall–Kier alpha value is -3.12. The molecule has 0 amide bonds. The van der Waals surface area contributed by atoms with Gasteiger partial charge in [-0.05, 0) is 37.1 Å². The van der Waals surface area contributed by atoms with Gasteiger partial charge in [0.1, 0.15) is 17.9 Å². The Morgan fingerprint density at radius 3 is 2.90 bits per heavy atom. The number of thioether (sulfide) groups is 1. The Labute approximate surface area is 175 Å². The van der Waals surface area contributed by atoms with E-state index < -0.39 is 17.2 Å². The van der Waals surface area contributed by atoms with Crippen LogP contribution in [0.15, 0.2) is 35.7 Å². The first-order valence-corrected chi connectivity index (χ1v) is 10.3. The summed E-state index contributed by atoms with van der Waals surface area (Å²) in [6, 6.07) is 6.47. The van der Waals surface area contributed by atoms with Gasteiger partial charge < -0.3 is 5.73 Å². The third-order valence-corrected chi connectivity index (χ3v) is 6.91. The first-order valence-electron chi connectivity index (χ1n) is 9.39. The maximum atomic E-state index is 14.8. The van der Waals surface area contributed by atoms with Crippen molar-refractivity contribution in [1.29, 1.82) is 5.26 Å². The molecular formula is C21H16F2N6S. The van der Waals surface area contributed by atoms with E-state index in [9.17, 15) is 8.78 Å². The molecular weight excluding hydrogens is 406 g/mol. The van der Waals surface area contributed by atoms with Gasteiger partial charge >= 0.3 is 0 Å². The molecule has 0 bridgehead atoms. The number of halogens is 2. The number of pyridine rings is 1. The molecule has 2 aliphatic rings. The maximum absolute atomic E-state index is 14.8. The third kappa shape index (κ3) is 2.99. The predicted octanol–water partition coefficient (Wildman–Crippen LogP) is 3.43. The largest absolute Gasteiger partial charge is 0.379 e. The Morgan fingerprint density at radius 1 is 1.27 bits per heavy atom. The second kappa shape index (κ2) is 6.71. The second-order valence-corrected chi connectivity index (χ2v) is 9.00. The summed E-state index contributed by atoms with van der Waals surface area (Å²) in [6.45, 7) is 1.82. The van der Waals surface area contributed by atoms with E-state index in [4.69, 9.17) is 11.0 Å². The molecule has 3 atom stereocenters. The molecule has 150 valence electrons. The Bertz CT molecular complexity index is 1270. The molecule has 30 heavy (non-hydrogen) atoms. The van der Waals surface area contributed by atoms with Crippen LogP contribution in [0, 0.1) is 28.9 Å². The van der Waals surface area contributed by atoms with Crippen molar-refractivity contribution in [3.8, 4) is 6.07 Å². The normalized spacial score (nSPS) is 24.8. The summed E-state index contributed by atoms with van der Waals surface area (Å²) in [4.78, 5) is 17.2. The van der Waals surface area contributed by atoms with Crippen molar-refractivity contribution in [2.24, 2.45) is 16.6 Å². The monoisotopic (exact) mass is 422 g/mol. The molecule has 1 aliphatic heterocycles. The summed E-state index contributed by atoms with van der Waals surface area (Å²) in [5.74, 6) is -1.68. The van der Waals surface area contributed by atoms with Gasteiger partial charge in [-0.2, -0.15) is 5.26 Å². The molecule has 1 aliphatic carbocycles. The number of aliphatic imine (C=N–C) groups is 1. The number of hydrogen-bond acceptors (Lipinski definition) is 7. The maximum Gasteiger partial charge on any atom is 0.164 e. The number of benzene rings is 1. The summed E-state index contributed by atoms with van der Waals surface area (Å²) >= 11 is 1.50. The molecule has 3 heterocycles. The molecule has 0 unspecified atom stereocenters. The quantitative estimate of drug-likeness (QED) is 0.694. The minimum atomic E-state index is -0.925. The summed E-state index contributed by atoms with van der Waals surface area (Å²) in [5, 5.41) is 9.75. The zero-order chi connectivity index (χ0) is 21.0. The van der Waals surface area contributed by atoms with E-state index in [0.717, 1.165) is 6.42 Å². The van der Waals surface area contributed by atoms with Crippen molar-refractivity contribution in [3.63, 3.8) is 0 Å². The van der Waals surface area contributed by atoms with Gasteiger partial charge in [0.25, 0.3) is 0 Å². The molecule has 2 N–H and O–H groups in total. The van der Waals surface area contributed by atoms with Gasteiger partial charge in [0.15, 0.2) is 16.8 Å². The summed E-state index contributed by atoms with van der Waals surface area (Å²) in [5.41, 5.74) is 7.83. The van der Waals surface area contributed by atoms with Crippen LogP contribution >= 0.6 is 11.8 Å². The molecule has 5 rings (SSSR count). The van der Waals surface area contributed by atoms with Gasteiger partial charge in [-0.1, -0.05) is 11.8 Å². The lowest BCUT2D eigenvalue weighted by atomic mass is 9.85. The Morgan fingerprint density at radius 2 is 2.10 bits per heavy atom. The van der Waals surface area contributed by atoms with E-state index in [2.05, 4.69) is 19.9 Å². The van der Waals surface area contributed by atoms with Crippen LogP contribution < -0.4 is 5.73 Å². The van der Waals surface area contributed by atoms with E-state index in [-0.39, 0.29) is 17.9 Å². The van der Waals surface area contributed by atoms with Crippen LogP contribution in [0.3, 0.4) is 0 Å². The van der Waals surface area contributed by atoms with E-state index in [1.807, 2.05) is 13.0 Å². The van der Waals surface area contributed by atoms with Crippen LogP contribution in [-0.4, -0.2) is 25.4 Å². The molecule has 6 nitrogen and oxygen atoms in total. The molecule has 9 heteroatoms. The number of rotatable bonds is 3. The Kier molecular flexibility index (Phi) is 4.22. The smallest absolute Gasteiger partial charge is 0.164 e. The predicted molar refractivity (Wildman–Crippen MR) is 110 cm³/mol. The number of aromatic nitrogens is 3. The van der Waals surface area contributed by atoms with Crippen molar-refractivity contribution in [1.82, 2.24) is 15.0 Å². The van der Waals surface area contributed by atoms with Gasteiger partial charge in [-0.15, -0.1) is 0 Å². The van der Waals surface area contributed by atoms with Crippen LogP contribution in [0.4, 0.5) is 8.78 Å². The number of nitrogens with zero attached hydrogens (tertiary/aromatic N) is 5. The summed E-state index contributed by atoms with van der Waals surface area (Å²) in [7, 11) is 0. The highest BCUT2D eigenvalue weighted by Crippen LogP contribution is 2.57. The van der Waals surface area contributed by atoms with Crippen LogP contribution in [0.5, 0.6) is 0 Å². The summed E-state index contributed by atoms with van der Waals surface area (Å²) < 4.78 is 29.4. The standard InChI is InChI=1S/C21H16F2N6S/c1-21(12-6-17(12)30-20(25)29-21)13-2-10(3-14(22)18(13)23)4-15-19-16(28-9-27-15)5-11(7-24)8-26-19/h2-3,5,8-9,12,17H,4,6H2,1H3,(H2,25,29)/t12-,17+,21+/m1/s1. The number of hydrogen-bond donors (Lipinski definition) is 1. The van der Waals surface area contributed by atoms with Gasteiger partial charge in [0.2, 0.25) is 0 Å². The van der Waals surface area contributed by atoms with E-state index in [0.29, 0.717) is 38.3 Å². The van der Waals surface area contributed by atoms with Crippen LogP contribution in [-0.2, 0) is 12.0 Å². The van der Waals surface area contributed by atoms with Gasteiger partial charge in [0, 0.05) is 29.3 Å². The average Bonchev–Trinajstić information content (AvgIpc) is 3.50. The number of fused-ring (bicyclic) bond motifs is 2. The first kappa shape index (κ1) is 18.9. The van der Waals surface area contributed by atoms with E-state index in [1.165, 1.54) is 30.4 Å². The summed E-state index contributed by atoms with van der Waals surface area (Å²) in [6.07, 6.45) is 3.93. The van der Waals surface area contributed by atoms with Crippen molar-refractivity contribution < 1.29 is 8.78 Å². The van der Waals surface area contributed by atoms with Crippen LogP contribution in [0.2, 0.25) is 0 Å². The van der Waals surface area contributed by atoms with Gasteiger partial charge in [0.05, 0.1) is 22.3 Å². The van der Waals surface area contributed by atoms with E-state index >= 15 is 0 Å². The van der Waals surface area contributed by atoms with Crippen molar-refractivity contribution in [2.75, 3.05) is 0 Å². The van der Waals surface area contributed by atoms with Crippen molar-refractivity contribution in [3.05, 3.63) is 64.7 Å². The molecule has 3 aromatic rings. The fourth-order valence-corrected chi connectivity index (χ4v) is 5.43. The lowest BCUT2D eigenvalue weighted by Crippen LogP contribution is -2.32. The lowest BCUT2D eigenvalue weighted by molar-refractivity contribution is 0.392. The number of amidine groups is 1. The van der Waals surface area contributed by atoms with Gasteiger partial charge in [-0.3, -0.25) is 9.98 Å². The average molecular weight is 422 g/mol. The molecule has 2 aromatic heterocycles. The molecule has 0 spiro atoms. The number of nitriles is 1. The SMILES string of the molecule is C[C@]1(c2cc(Cc3ncnc4cc(C#N)cnc34)cc(F)c2F)N=C(N)S[C@H]2C[C@H]21. The molecule has 0 saturated heterocycles. The molecule has 1 fully saturated rings. The topological polar surface area (TPSA) is 101 Å². The highest BCUT2D eigenvalue weighted by Gasteiger charge is 2.55. The van der Waals surface area contributed by atoms with Crippen molar-refractivity contribution in [2.45, 2.75) is 30.6 Å². The van der Waals surface area contributed by atoms with Gasteiger partial charge in [-0.25, -0.2) is 18.7 Å². The van der Waals surface area contributed by atoms with Crippen molar-refractivity contribution >= 4 is 28.0 Å². The molecule has 0 radical (unpaired) electrons. The minimum absolute atomic E-state index is 0.130.